The van der Waals surface area contributed by atoms with Crippen molar-refractivity contribution in [2.45, 2.75) is 6.42 Å². The van der Waals surface area contributed by atoms with E-state index in [1.807, 2.05) is 18.2 Å². The lowest BCUT2D eigenvalue weighted by Crippen LogP contribution is -2.00. The van der Waals surface area contributed by atoms with E-state index >= 15 is 0 Å². The Labute approximate surface area is 98.1 Å². The molecule has 4 nitrogen and oxygen atoms in total. The molecule has 0 unspecified atom stereocenters. The molecular weight excluding hydrogens is 224 g/mol. The summed E-state index contributed by atoms with van der Waals surface area (Å²) in [6.07, 6.45) is 2.27. The number of nitrogens with zero attached hydrogens (tertiary/aromatic N) is 4. The van der Waals surface area contributed by atoms with E-state index in [2.05, 4.69) is 10.1 Å². The van der Waals surface area contributed by atoms with E-state index in [4.69, 9.17) is 16.9 Å². The average Bonchev–Trinajstić information content (AvgIpc) is 2.63. The summed E-state index contributed by atoms with van der Waals surface area (Å²) in [5, 5.41) is 13.3. The Hall–Kier alpha value is -1.86. The normalized spacial score (nSPS) is 10.1. The molecule has 16 heavy (non-hydrogen) atoms. The van der Waals surface area contributed by atoms with Crippen LogP contribution in [-0.4, -0.2) is 14.8 Å². The third kappa shape index (κ3) is 2.05. The first-order chi connectivity index (χ1) is 7.70. The largest absolute Gasteiger partial charge is 0.271 e. The maximum atomic E-state index is 8.73. The number of nitriles is 1. The number of hydrogen-bond donors (Lipinski definition) is 0. The van der Waals surface area contributed by atoms with E-state index in [1.165, 1.54) is 0 Å². The number of halogens is 1. The van der Waals surface area contributed by atoms with Crippen molar-refractivity contribution >= 4 is 11.6 Å². The van der Waals surface area contributed by atoms with Crippen LogP contribution in [0, 0.1) is 11.3 Å². The van der Waals surface area contributed by atoms with Gasteiger partial charge in [-0.05, 0) is 17.7 Å². The molecule has 0 atom stereocenters. The SMILES string of the molecule is Cn1nc(C#N)cc1Cc1cccnc1Cl. The van der Waals surface area contributed by atoms with Gasteiger partial charge in [0.1, 0.15) is 11.2 Å². The summed E-state index contributed by atoms with van der Waals surface area (Å²) in [7, 11) is 1.81. The topological polar surface area (TPSA) is 54.5 Å². The Bertz CT molecular complexity index is 553. The number of hydrogen-bond acceptors (Lipinski definition) is 3. The number of aryl methyl sites for hydroxylation is 1. The first-order valence-electron chi connectivity index (χ1n) is 4.73. The van der Waals surface area contributed by atoms with E-state index < -0.39 is 0 Å². The molecular formula is C11H9ClN4. The molecule has 0 aliphatic rings. The average molecular weight is 233 g/mol. The highest BCUT2D eigenvalue weighted by atomic mass is 35.5. The second-order valence-corrected chi connectivity index (χ2v) is 3.74. The van der Waals surface area contributed by atoms with E-state index in [0.717, 1.165) is 11.3 Å². The first kappa shape index (κ1) is 10.7. The Morgan fingerprint density at radius 1 is 1.56 bits per heavy atom. The summed E-state index contributed by atoms with van der Waals surface area (Å²) < 4.78 is 1.68. The molecule has 2 heterocycles. The van der Waals surface area contributed by atoms with E-state index in [9.17, 15) is 0 Å². The fourth-order valence-corrected chi connectivity index (χ4v) is 1.66. The van der Waals surface area contributed by atoms with Gasteiger partial charge in [0.2, 0.25) is 0 Å². The van der Waals surface area contributed by atoms with Crippen molar-refractivity contribution in [2.75, 3.05) is 0 Å². The van der Waals surface area contributed by atoms with Crippen LogP contribution in [0.25, 0.3) is 0 Å². The van der Waals surface area contributed by atoms with Crippen molar-refractivity contribution in [3.05, 3.63) is 46.5 Å². The van der Waals surface area contributed by atoms with Gasteiger partial charge in [-0.1, -0.05) is 17.7 Å². The summed E-state index contributed by atoms with van der Waals surface area (Å²) in [4.78, 5) is 4.00. The molecule has 0 bridgehead atoms. The second-order valence-electron chi connectivity index (χ2n) is 3.39. The molecule has 0 N–H and O–H groups in total. The predicted molar refractivity (Wildman–Crippen MR) is 60.0 cm³/mol. The third-order valence-corrected chi connectivity index (χ3v) is 2.64. The minimum absolute atomic E-state index is 0.414. The molecule has 0 amide bonds. The van der Waals surface area contributed by atoms with Crippen molar-refractivity contribution in [3.8, 4) is 6.07 Å². The minimum atomic E-state index is 0.414. The lowest BCUT2D eigenvalue weighted by atomic mass is 10.1. The lowest BCUT2D eigenvalue weighted by Gasteiger charge is -2.03. The number of pyridine rings is 1. The van der Waals surface area contributed by atoms with Gasteiger partial charge in [0.15, 0.2) is 5.69 Å². The van der Waals surface area contributed by atoms with Gasteiger partial charge in [0, 0.05) is 25.4 Å². The van der Waals surface area contributed by atoms with Gasteiger partial charge >= 0.3 is 0 Å². The van der Waals surface area contributed by atoms with Crippen LogP contribution >= 0.6 is 11.6 Å². The Morgan fingerprint density at radius 3 is 3.00 bits per heavy atom. The molecule has 0 radical (unpaired) electrons. The van der Waals surface area contributed by atoms with E-state index in [1.54, 1.807) is 24.0 Å². The van der Waals surface area contributed by atoms with Crippen molar-refractivity contribution < 1.29 is 0 Å². The smallest absolute Gasteiger partial charge is 0.162 e. The molecule has 0 aromatic carbocycles. The molecule has 0 saturated carbocycles. The van der Waals surface area contributed by atoms with Crippen molar-refractivity contribution in [1.82, 2.24) is 14.8 Å². The van der Waals surface area contributed by atoms with Crippen LogP contribution in [0.4, 0.5) is 0 Å². The highest BCUT2D eigenvalue weighted by Crippen LogP contribution is 2.16. The second kappa shape index (κ2) is 4.33. The van der Waals surface area contributed by atoms with Crippen LogP contribution in [0.1, 0.15) is 17.0 Å². The monoisotopic (exact) mass is 232 g/mol. The number of aromatic nitrogens is 3. The third-order valence-electron chi connectivity index (χ3n) is 2.30. The predicted octanol–water partition coefficient (Wildman–Crippen LogP) is 1.93. The molecule has 2 aromatic heterocycles. The summed E-state index contributed by atoms with van der Waals surface area (Å²) >= 11 is 5.96. The highest BCUT2D eigenvalue weighted by molar-refractivity contribution is 6.30. The molecule has 0 fully saturated rings. The summed E-state index contributed by atoms with van der Waals surface area (Å²) in [5.41, 5.74) is 2.28. The van der Waals surface area contributed by atoms with Gasteiger partial charge in [0.05, 0.1) is 0 Å². The molecule has 5 heteroatoms. The minimum Gasteiger partial charge on any atom is -0.271 e. The molecule has 2 rings (SSSR count). The summed E-state index contributed by atoms with van der Waals surface area (Å²) in [6, 6.07) is 7.51. The van der Waals surface area contributed by atoms with Gasteiger partial charge in [-0.15, -0.1) is 0 Å². The lowest BCUT2D eigenvalue weighted by molar-refractivity contribution is 0.721. The Morgan fingerprint density at radius 2 is 2.38 bits per heavy atom. The molecule has 0 spiro atoms. The van der Waals surface area contributed by atoms with Crippen LogP contribution in [0.3, 0.4) is 0 Å². The quantitative estimate of drug-likeness (QED) is 0.744. The maximum absolute atomic E-state index is 8.73. The van der Waals surface area contributed by atoms with Crippen LogP contribution < -0.4 is 0 Å². The zero-order chi connectivity index (χ0) is 11.5. The zero-order valence-electron chi connectivity index (χ0n) is 8.68. The Kier molecular flexibility index (Phi) is 2.88. The Balaban J connectivity index is 2.31. The van der Waals surface area contributed by atoms with Gasteiger partial charge in [0.25, 0.3) is 0 Å². The van der Waals surface area contributed by atoms with Gasteiger partial charge in [-0.25, -0.2) is 4.98 Å². The summed E-state index contributed by atoms with van der Waals surface area (Å²) in [5.74, 6) is 0. The van der Waals surface area contributed by atoms with Crippen LogP contribution in [0.2, 0.25) is 5.15 Å². The van der Waals surface area contributed by atoms with Crippen molar-refractivity contribution in [3.63, 3.8) is 0 Å². The maximum Gasteiger partial charge on any atom is 0.162 e. The van der Waals surface area contributed by atoms with Crippen molar-refractivity contribution in [1.29, 1.82) is 5.26 Å². The molecule has 0 aliphatic heterocycles. The molecule has 80 valence electrons. The molecule has 2 aromatic rings. The van der Waals surface area contributed by atoms with Crippen LogP contribution in [0.15, 0.2) is 24.4 Å². The van der Waals surface area contributed by atoms with Crippen LogP contribution in [0.5, 0.6) is 0 Å². The first-order valence-corrected chi connectivity index (χ1v) is 5.11. The fraction of sp³-hybridized carbons (Fsp3) is 0.182. The van der Waals surface area contributed by atoms with Gasteiger partial charge in [-0.2, -0.15) is 10.4 Å². The molecule has 0 aliphatic carbocycles. The zero-order valence-corrected chi connectivity index (χ0v) is 9.44. The van der Waals surface area contributed by atoms with E-state index in [-0.39, 0.29) is 0 Å². The van der Waals surface area contributed by atoms with Crippen molar-refractivity contribution in [2.24, 2.45) is 7.05 Å². The fourth-order valence-electron chi connectivity index (χ4n) is 1.47. The van der Waals surface area contributed by atoms with E-state index in [0.29, 0.717) is 17.3 Å². The van der Waals surface area contributed by atoms with Gasteiger partial charge < -0.3 is 0 Å². The van der Waals surface area contributed by atoms with Gasteiger partial charge in [-0.3, -0.25) is 4.68 Å². The van der Waals surface area contributed by atoms with Crippen LogP contribution in [-0.2, 0) is 13.5 Å². The summed E-state index contributed by atoms with van der Waals surface area (Å²) in [6.45, 7) is 0. The number of rotatable bonds is 2. The molecule has 0 saturated heterocycles. The standard InChI is InChI=1S/C11H9ClN4/c1-16-10(6-9(7-13)15-16)5-8-3-2-4-14-11(8)12/h2-4,6H,5H2,1H3. The highest BCUT2D eigenvalue weighted by Gasteiger charge is 2.07.